The van der Waals surface area contributed by atoms with Gasteiger partial charge in [0.1, 0.15) is 18.3 Å². The van der Waals surface area contributed by atoms with Crippen molar-refractivity contribution in [3.8, 4) is 0 Å². The molecule has 0 aromatic rings. The Hall–Kier alpha value is -0.270. The van der Waals surface area contributed by atoms with Gasteiger partial charge in [-0.05, 0) is 19.3 Å². The zero-order chi connectivity index (χ0) is 16.5. The molecule has 1 fully saturated rings. The van der Waals surface area contributed by atoms with Crippen LogP contribution in [-0.2, 0) is 42.9 Å². The summed E-state index contributed by atoms with van der Waals surface area (Å²) < 4.78 is 81.8. The van der Waals surface area contributed by atoms with Gasteiger partial charge >= 0.3 is 0 Å². The van der Waals surface area contributed by atoms with Crippen LogP contribution in [0.3, 0.4) is 0 Å². The molecule has 2 atom stereocenters. The molecule has 0 heterocycles. The van der Waals surface area contributed by atoms with Crippen LogP contribution in [-0.4, -0.2) is 62.3 Å². The van der Waals surface area contributed by atoms with E-state index in [2.05, 4.69) is 0 Å². The van der Waals surface area contributed by atoms with Crippen molar-refractivity contribution in [1.29, 1.82) is 0 Å². The lowest BCUT2D eigenvalue weighted by Gasteiger charge is -2.35. The molecule has 1 aliphatic rings. The van der Waals surface area contributed by atoms with Crippen LogP contribution in [0.15, 0.2) is 0 Å². The second-order valence-corrected chi connectivity index (χ2v) is 9.68. The average molecular weight is 366 g/mol. The lowest BCUT2D eigenvalue weighted by molar-refractivity contribution is -0.0410. The zero-order valence-corrected chi connectivity index (χ0v) is 14.2. The second-order valence-electron chi connectivity index (χ2n) is 4.87. The van der Waals surface area contributed by atoms with Crippen molar-refractivity contribution in [2.75, 3.05) is 18.8 Å². The Morgan fingerprint density at radius 3 is 1.29 bits per heavy atom. The Bertz CT molecular complexity index is 619. The molecule has 0 radical (unpaired) electrons. The summed E-state index contributed by atoms with van der Waals surface area (Å²) in [5.41, 5.74) is 0. The molecular formula is C9H18O9S3. The van der Waals surface area contributed by atoms with E-state index in [1.54, 1.807) is 0 Å². The van der Waals surface area contributed by atoms with Gasteiger partial charge in [-0.15, -0.1) is 0 Å². The molecule has 0 aromatic carbocycles. The molecule has 1 aliphatic carbocycles. The molecule has 0 aliphatic heterocycles. The van der Waals surface area contributed by atoms with Crippen LogP contribution in [0.1, 0.15) is 19.3 Å². The summed E-state index contributed by atoms with van der Waals surface area (Å²) in [5, 5.41) is 0. The summed E-state index contributed by atoms with van der Waals surface area (Å²) >= 11 is 0. The predicted octanol–water partition coefficient (Wildman–Crippen LogP) is -0.795. The third-order valence-corrected chi connectivity index (χ3v) is 4.36. The maximum Gasteiger partial charge on any atom is 0.264 e. The summed E-state index contributed by atoms with van der Waals surface area (Å²) in [6.07, 6.45) is -0.394. The van der Waals surface area contributed by atoms with E-state index in [1.807, 2.05) is 0 Å². The zero-order valence-electron chi connectivity index (χ0n) is 11.8. The van der Waals surface area contributed by atoms with Gasteiger partial charge in [-0.2, -0.15) is 25.3 Å². The van der Waals surface area contributed by atoms with E-state index in [-0.39, 0.29) is 12.8 Å². The summed E-state index contributed by atoms with van der Waals surface area (Å²) in [4.78, 5) is 0. The van der Waals surface area contributed by atoms with E-state index >= 15 is 0 Å². The molecule has 2 unspecified atom stereocenters. The van der Waals surface area contributed by atoms with E-state index < -0.39 is 48.7 Å². The molecule has 12 heteroatoms. The van der Waals surface area contributed by atoms with Crippen LogP contribution in [0.4, 0.5) is 0 Å². The first-order chi connectivity index (χ1) is 9.27. The van der Waals surface area contributed by atoms with Crippen molar-refractivity contribution >= 4 is 30.4 Å². The van der Waals surface area contributed by atoms with Crippen molar-refractivity contribution < 1.29 is 37.8 Å². The highest BCUT2D eigenvalue weighted by molar-refractivity contribution is 7.86. The van der Waals surface area contributed by atoms with Gasteiger partial charge in [0, 0.05) is 0 Å². The highest BCUT2D eigenvalue weighted by Gasteiger charge is 2.41. The summed E-state index contributed by atoms with van der Waals surface area (Å²) in [7, 11) is -11.7. The third-order valence-electron chi connectivity index (χ3n) is 2.59. The standard InChI is InChI=1S/C9H18O9S3/c1-19(10,11)16-7-5-4-6-8(17-20(2,12)13)9(7)18-21(3,14)15/h7-9H,4-6H2,1-3H3. The van der Waals surface area contributed by atoms with Gasteiger partial charge in [-0.3, -0.25) is 12.5 Å². The molecule has 0 N–H and O–H groups in total. The first-order valence-electron chi connectivity index (χ1n) is 5.92. The Morgan fingerprint density at radius 2 is 1.00 bits per heavy atom. The fourth-order valence-corrected chi connectivity index (χ4v) is 4.03. The molecule has 1 rings (SSSR count). The van der Waals surface area contributed by atoms with Crippen molar-refractivity contribution in [3.63, 3.8) is 0 Å². The maximum absolute atomic E-state index is 11.3. The van der Waals surface area contributed by atoms with E-state index in [0.717, 1.165) is 18.8 Å². The fraction of sp³-hybridized carbons (Fsp3) is 1.00. The van der Waals surface area contributed by atoms with Crippen molar-refractivity contribution in [2.45, 2.75) is 37.6 Å². The van der Waals surface area contributed by atoms with Crippen molar-refractivity contribution in [1.82, 2.24) is 0 Å². The van der Waals surface area contributed by atoms with E-state index in [4.69, 9.17) is 12.5 Å². The van der Waals surface area contributed by atoms with E-state index in [0.29, 0.717) is 6.42 Å². The molecule has 1 saturated carbocycles. The van der Waals surface area contributed by atoms with Crippen LogP contribution in [0.2, 0.25) is 0 Å². The first kappa shape index (κ1) is 18.8. The summed E-state index contributed by atoms with van der Waals surface area (Å²) in [6, 6.07) is 0. The molecular weight excluding hydrogens is 348 g/mol. The summed E-state index contributed by atoms with van der Waals surface area (Å²) in [6.45, 7) is 0. The molecule has 0 saturated heterocycles. The molecule has 0 spiro atoms. The largest absolute Gasteiger partial charge is 0.264 e. The Balaban J connectivity index is 3.06. The molecule has 126 valence electrons. The quantitative estimate of drug-likeness (QED) is 0.555. The van der Waals surface area contributed by atoms with Gasteiger partial charge < -0.3 is 0 Å². The summed E-state index contributed by atoms with van der Waals surface area (Å²) in [5.74, 6) is 0. The minimum Gasteiger partial charge on any atom is -0.264 e. The maximum atomic E-state index is 11.3. The Morgan fingerprint density at radius 1 is 0.667 bits per heavy atom. The van der Waals surface area contributed by atoms with Gasteiger partial charge in [0.2, 0.25) is 0 Å². The van der Waals surface area contributed by atoms with Crippen LogP contribution in [0.25, 0.3) is 0 Å². The SMILES string of the molecule is CS(=O)(=O)OC1CCCC(OS(C)(=O)=O)C1OS(C)(=O)=O. The van der Waals surface area contributed by atoms with Gasteiger partial charge in [0.15, 0.2) is 0 Å². The van der Waals surface area contributed by atoms with Crippen LogP contribution in [0, 0.1) is 0 Å². The molecule has 9 nitrogen and oxygen atoms in total. The number of hydrogen-bond donors (Lipinski definition) is 0. The smallest absolute Gasteiger partial charge is 0.264 e. The van der Waals surface area contributed by atoms with Gasteiger partial charge in [0.05, 0.1) is 18.8 Å². The van der Waals surface area contributed by atoms with Gasteiger partial charge in [-0.25, -0.2) is 0 Å². The van der Waals surface area contributed by atoms with E-state index in [9.17, 15) is 25.3 Å². The van der Waals surface area contributed by atoms with Crippen LogP contribution in [0.5, 0.6) is 0 Å². The highest BCUT2D eigenvalue weighted by atomic mass is 32.2. The Kier molecular flexibility index (Phi) is 5.78. The normalized spacial score (nSPS) is 28.4. The molecule has 0 aromatic heterocycles. The topological polar surface area (TPSA) is 130 Å². The Labute approximate surface area is 124 Å². The highest BCUT2D eigenvalue weighted by Crippen LogP contribution is 2.29. The van der Waals surface area contributed by atoms with Crippen LogP contribution < -0.4 is 0 Å². The lowest BCUT2D eigenvalue weighted by atomic mass is 9.92. The van der Waals surface area contributed by atoms with Crippen molar-refractivity contribution in [3.05, 3.63) is 0 Å². The lowest BCUT2D eigenvalue weighted by Crippen LogP contribution is -2.48. The minimum absolute atomic E-state index is 0.205. The predicted molar refractivity (Wildman–Crippen MR) is 73.0 cm³/mol. The third kappa shape index (κ3) is 7.51. The fourth-order valence-electron chi connectivity index (χ4n) is 2.07. The van der Waals surface area contributed by atoms with Crippen LogP contribution >= 0.6 is 0 Å². The van der Waals surface area contributed by atoms with E-state index in [1.165, 1.54) is 0 Å². The average Bonchev–Trinajstić information content (AvgIpc) is 2.16. The number of hydrogen-bond acceptors (Lipinski definition) is 9. The molecule has 0 amide bonds. The monoisotopic (exact) mass is 366 g/mol. The molecule has 21 heavy (non-hydrogen) atoms. The van der Waals surface area contributed by atoms with Gasteiger partial charge in [0.25, 0.3) is 30.4 Å². The van der Waals surface area contributed by atoms with Gasteiger partial charge in [-0.1, -0.05) is 0 Å². The second kappa shape index (κ2) is 6.46. The molecule has 0 bridgehead atoms. The first-order valence-corrected chi connectivity index (χ1v) is 11.4. The van der Waals surface area contributed by atoms with Crippen molar-refractivity contribution in [2.24, 2.45) is 0 Å². The minimum atomic E-state index is -3.95. The number of rotatable bonds is 6.